The second kappa shape index (κ2) is 4.11. The van der Waals surface area contributed by atoms with Crippen LogP contribution in [0.4, 0.5) is 10.1 Å². The first kappa shape index (κ1) is 10.7. The molecule has 3 heteroatoms. The summed E-state index contributed by atoms with van der Waals surface area (Å²) in [6.07, 6.45) is 0. The fourth-order valence-electron chi connectivity index (χ4n) is 2.01. The van der Waals surface area contributed by atoms with E-state index in [1.807, 2.05) is 24.3 Å². The van der Waals surface area contributed by atoms with Gasteiger partial charge in [0.25, 0.3) is 0 Å². The monoisotopic (exact) mass is 238 g/mol. The van der Waals surface area contributed by atoms with E-state index in [1.54, 1.807) is 24.3 Å². The van der Waals surface area contributed by atoms with E-state index in [2.05, 4.69) is 4.98 Å². The van der Waals surface area contributed by atoms with Crippen LogP contribution in [0.15, 0.2) is 54.6 Å². The number of anilines is 1. The highest BCUT2D eigenvalue weighted by Crippen LogP contribution is 2.27. The molecule has 0 radical (unpaired) electrons. The minimum Gasteiger partial charge on any atom is -0.398 e. The summed E-state index contributed by atoms with van der Waals surface area (Å²) in [6, 6.07) is 15.8. The molecule has 1 heterocycles. The Kier molecular flexibility index (Phi) is 2.45. The molecule has 2 N–H and O–H groups in total. The van der Waals surface area contributed by atoms with Crippen molar-refractivity contribution in [2.75, 3.05) is 5.73 Å². The average Bonchev–Trinajstić information content (AvgIpc) is 2.39. The molecule has 0 atom stereocenters. The number of aromatic nitrogens is 1. The van der Waals surface area contributed by atoms with Crippen LogP contribution in [0.25, 0.3) is 22.2 Å². The summed E-state index contributed by atoms with van der Waals surface area (Å²) in [7, 11) is 0. The summed E-state index contributed by atoms with van der Waals surface area (Å²) >= 11 is 0. The van der Waals surface area contributed by atoms with E-state index >= 15 is 0 Å². The minimum absolute atomic E-state index is 0.292. The van der Waals surface area contributed by atoms with Crippen molar-refractivity contribution in [2.45, 2.75) is 0 Å². The molecule has 3 aromatic rings. The predicted octanol–water partition coefficient (Wildman–Crippen LogP) is 3.62. The van der Waals surface area contributed by atoms with Crippen molar-refractivity contribution in [3.63, 3.8) is 0 Å². The number of rotatable bonds is 1. The molecule has 0 amide bonds. The van der Waals surface area contributed by atoms with Gasteiger partial charge in [-0.15, -0.1) is 0 Å². The van der Waals surface area contributed by atoms with Gasteiger partial charge in [0, 0.05) is 16.6 Å². The van der Waals surface area contributed by atoms with E-state index in [0.29, 0.717) is 16.9 Å². The number of fused-ring (bicyclic) bond motifs is 1. The molecule has 0 unspecified atom stereocenters. The zero-order chi connectivity index (χ0) is 12.5. The molecular formula is C15H11FN2. The lowest BCUT2D eigenvalue weighted by atomic mass is 10.1. The van der Waals surface area contributed by atoms with Crippen LogP contribution < -0.4 is 5.73 Å². The van der Waals surface area contributed by atoms with Crippen molar-refractivity contribution in [2.24, 2.45) is 0 Å². The van der Waals surface area contributed by atoms with Crippen LogP contribution in [0.3, 0.4) is 0 Å². The summed E-state index contributed by atoms with van der Waals surface area (Å²) in [6.45, 7) is 0. The van der Waals surface area contributed by atoms with E-state index in [0.717, 1.165) is 10.9 Å². The lowest BCUT2D eigenvalue weighted by Crippen LogP contribution is -1.93. The van der Waals surface area contributed by atoms with E-state index in [1.165, 1.54) is 6.07 Å². The van der Waals surface area contributed by atoms with Gasteiger partial charge in [0.2, 0.25) is 0 Å². The fraction of sp³-hybridized carbons (Fsp3) is 0. The molecule has 2 aromatic carbocycles. The molecule has 3 rings (SSSR count). The van der Waals surface area contributed by atoms with Gasteiger partial charge in [0.1, 0.15) is 5.82 Å². The van der Waals surface area contributed by atoms with Gasteiger partial charge in [-0.3, -0.25) is 0 Å². The Bertz CT molecular complexity index is 723. The molecular weight excluding hydrogens is 227 g/mol. The number of benzene rings is 2. The summed E-state index contributed by atoms with van der Waals surface area (Å²) in [5.41, 5.74) is 8.39. The summed E-state index contributed by atoms with van der Waals surface area (Å²) in [5.74, 6) is -0.292. The third kappa shape index (κ3) is 1.70. The maximum absolute atomic E-state index is 13.7. The van der Waals surface area contributed by atoms with Crippen molar-refractivity contribution in [1.29, 1.82) is 0 Å². The third-order valence-electron chi connectivity index (χ3n) is 2.90. The third-order valence-corrected chi connectivity index (χ3v) is 2.90. The van der Waals surface area contributed by atoms with Crippen LogP contribution in [0.2, 0.25) is 0 Å². The Morgan fingerprint density at radius 3 is 2.50 bits per heavy atom. The van der Waals surface area contributed by atoms with Crippen LogP contribution in [0, 0.1) is 5.82 Å². The molecule has 0 bridgehead atoms. The smallest absolute Gasteiger partial charge is 0.132 e. The number of nitrogens with zero attached hydrogens (tertiary/aromatic N) is 1. The maximum atomic E-state index is 13.7. The zero-order valence-electron chi connectivity index (χ0n) is 9.60. The quantitative estimate of drug-likeness (QED) is 0.703. The number of hydrogen-bond donors (Lipinski definition) is 1. The second-order valence-corrected chi connectivity index (χ2v) is 4.09. The van der Waals surface area contributed by atoms with Crippen molar-refractivity contribution >= 4 is 16.6 Å². The molecule has 0 aliphatic heterocycles. The maximum Gasteiger partial charge on any atom is 0.132 e. The average molecular weight is 238 g/mol. The van der Waals surface area contributed by atoms with Crippen LogP contribution in [0.1, 0.15) is 0 Å². The highest BCUT2D eigenvalue weighted by Gasteiger charge is 2.08. The largest absolute Gasteiger partial charge is 0.398 e. The number of nitrogens with two attached hydrogens (primary N) is 1. The molecule has 0 saturated heterocycles. The zero-order valence-corrected chi connectivity index (χ0v) is 9.60. The number of para-hydroxylation sites is 1. The molecule has 0 fully saturated rings. The van der Waals surface area contributed by atoms with Crippen LogP contribution in [-0.4, -0.2) is 4.98 Å². The standard InChI is InChI=1S/C15H11FN2/c16-12-7-3-1-5-10(12)15-9-13(17)11-6-2-4-8-14(11)18-15/h1-9H,(H2,17,18). The minimum atomic E-state index is -0.292. The first-order chi connectivity index (χ1) is 8.75. The molecule has 18 heavy (non-hydrogen) atoms. The van der Waals surface area contributed by atoms with E-state index < -0.39 is 0 Å². The summed E-state index contributed by atoms with van der Waals surface area (Å²) in [5, 5.41) is 0.887. The van der Waals surface area contributed by atoms with Gasteiger partial charge < -0.3 is 5.73 Å². The lowest BCUT2D eigenvalue weighted by molar-refractivity contribution is 0.631. The second-order valence-electron chi connectivity index (χ2n) is 4.09. The van der Waals surface area contributed by atoms with E-state index in [9.17, 15) is 4.39 Å². The SMILES string of the molecule is Nc1cc(-c2ccccc2F)nc2ccccc12. The molecule has 0 aliphatic carbocycles. The Labute approximate surface area is 104 Å². The predicted molar refractivity (Wildman–Crippen MR) is 71.5 cm³/mol. The molecule has 2 nitrogen and oxygen atoms in total. The van der Waals surface area contributed by atoms with Gasteiger partial charge >= 0.3 is 0 Å². The first-order valence-electron chi connectivity index (χ1n) is 5.66. The topological polar surface area (TPSA) is 38.9 Å². The molecule has 1 aromatic heterocycles. The van der Waals surface area contributed by atoms with Crippen molar-refractivity contribution in [1.82, 2.24) is 4.98 Å². The van der Waals surface area contributed by atoms with Crippen LogP contribution >= 0.6 is 0 Å². The Morgan fingerprint density at radius 1 is 0.944 bits per heavy atom. The fourth-order valence-corrected chi connectivity index (χ4v) is 2.01. The highest BCUT2D eigenvalue weighted by atomic mass is 19.1. The number of halogens is 1. The van der Waals surface area contributed by atoms with Crippen molar-refractivity contribution in [3.8, 4) is 11.3 Å². The van der Waals surface area contributed by atoms with Gasteiger partial charge in [0.05, 0.1) is 11.2 Å². The first-order valence-corrected chi connectivity index (χ1v) is 5.66. The Hall–Kier alpha value is -2.42. The summed E-state index contributed by atoms with van der Waals surface area (Å²) < 4.78 is 13.7. The van der Waals surface area contributed by atoms with Gasteiger partial charge in [-0.2, -0.15) is 0 Å². The van der Waals surface area contributed by atoms with E-state index in [-0.39, 0.29) is 5.82 Å². The highest BCUT2D eigenvalue weighted by molar-refractivity contribution is 5.92. The molecule has 0 spiro atoms. The summed E-state index contributed by atoms with van der Waals surface area (Å²) in [4.78, 5) is 4.45. The van der Waals surface area contributed by atoms with E-state index in [4.69, 9.17) is 5.73 Å². The van der Waals surface area contributed by atoms with Gasteiger partial charge in [-0.05, 0) is 24.3 Å². The van der Waals surface area contributed by atoms with Gasteiger partial charge in [-0.25, -0.2) is 9.37 Å². The molecule has 0 saturated carbocycles. The molecule has 0 aliphatic rings. The number of nitrogen functional groups attached to an aromatic ring is 1. The molecule has 88 valence electrons. The Balaban J connectivity index is 2.28. The number of hydrogen-bond acceptors (Lipinski definition) is 2. The van der Waals surface area contributed by atoms with Gasteiger partial charge in [-0.1, -0.05) is 30.3 Å². The normalized spacial score (nSPS) is 10.7. The van der Waals surface area contributed by atoms with Crippen molar-refractivity contribution in [3.05, 3.63) is 60.4 Å². The van der Waals surface area contributed by atoms with Gasteiger partial charge in [0.15, 0.2) is 0 Å². The Morgan fingerprint density at radius 2 is 1.67 bits per heavy atom. The van der Waals surface area contributed by atoms with Crippen LogP contribution in [0.5, 0.6) is 0 Å². The number of pyridine rings is 1. The van der Waals surface area contributed by atoms with Crippen molar-refractivity contribution < 1.29 is 4.39 Å². The van der Waals surface area contributed by atoms with Crippen LogP contribution in [-0.2, 0) is 0 Å². The lowest BCUT2D eigenvalue weighted by Gasteiger charge is -2.07.